The van der Waals surface area contributed by atoms with Gasteiger partial charge in [-0.05, 0) is 50.6 Å². The van der Waals surface area contributed by atoms with Crippen molar-refractivity contribution < 1.29 is 4.79 Å². The van der Waals surface area contributed by atoms with Crippen molar-refractivity contribution in [2.75, 3.05) is 4.90 Å². The van der Waals surface area contributed by atoms with Gasteiger partial charge in [0.2, 0.25) is 5.91 Å². The summed E-state index contributed by atoms with van der Waals surface area (Å²) in [5, 5.41) is 0. The average Bonchev–Trinajstić information content (AvgIpc) is 2.49. The van der Waals surface area contributed by atoms with E-state index in [-0.39, 0.29) is 11.9 Å². The number of anilines is 1. The Bertz CT molecular complexity index is 696. The van der Waals surface area contributed by atoms with E-state index in [2.05, 4.69) is 10.9 Å². The van der Waals surface area contributed by atoms with E-state index < -0.39 is 0 Å². The maximum absolute atomic E-state index is 12.7. The largest absolute Gasteiger partial charge is 0.310 e. The summed E-state index contributed by atoms with van der Waals surface area (Å²) in [6.07, 6.45) is 7.53. The van der Waals surface area contributed by atoms with Crippen molar-refractivity contribution in [3.8, 4) is 12.3 Å². The number of terminal acetylenes is 1. The maximum Gasteiger partial charge on any atom is 0.231 e. The number of carbonyl (C=O) groups excluding carboxylic acids is 1. The number of pyridine rings is 1. The predicted octanol–water partition coefficient (Wildman–Crippen LogP) is 3.36. The highest BCUT2D eigenvalue weighted by Crippen LogP contribution is 2.20. The monoisotopic (exact) mass is 292 g/mol. The van der Waals surface area contributed by atoms with Crippen LogP contribution < -0.4 is 4.90 Å². The smallest absolute Gasteiger partial charge is 0.231 e. The Hall–Kier alpha value is -2.60. The van der Waals surface area contributed by atoms with E-state index in [9.17, 15) is 4.79 Å². The second-order valence-electron chi connectivity index (χ2n) is 5.54. The van der Waals surface area contributed by atoms with Crippen molar-refractivity contribution in [1.29, 1.82) is 0 Å². The zero-order valence-corrected chi connectivity index (χ0v) is 13.2. The van der Waals surface area contributed by atoms with Crippen LogP contribution in [0.25, 0.3) is 0 Å². The molecule has 0 fully saturated rings. The zero-order valence-electron chi connectivity index (χ0n) is 13.2. The molecule has 3 heteroatoms. The number of rotatable bonds is 4. The van der Waals surface area contributed by atoms with Gasteiger partial charge in [0.05, 0.1) is 6.42 Å². The number of hydrogen-bond acceptors (Lipinski definition) is 2. The van der Waals surface area contributed by atoms with Crippen LogP contribution in [0.5, 0.6) is 0 Å². The summed E-state index contributed by atoms with van der Waals surface area (Å²) in [6.45, 7) is 5.92. The van der Waals surface area contributed by atoms with Crippen molar-refractivity contribution in [3.05, 3.63) is 59.4 Å². The molecule has 0 aliphatic carbocycles. The Morgan fingerprint density at radius 3 is 2.68 bits per heavy atom. The van der Waals surface area contributed by atoms with Crippen molar-refractivity contribution in [3.63, 3.8) is 0 Å². The van der Waals surface area contributed by atoms with Crippen LogP contribution in [0.4, 0.5) is 5.69 Å². The fourth-order valence-corrected chi connectivity index (χ4v) is 2.34. The van der Waals surface area contributed by atoms with Gasteiger partial charge < -0.3 is 4.90 Å². The first-order valence-electron chi connectivity index (χ1n) is 7.31. The number of benzene rings is 1. The highest BCUT2D eigenvalue weighted by molar-refractivity contribution is 5.95. The topological polar surface area (TPSA) is 33.2 Å². The first-order chi connectivity index (χ1) is 10.5. The van der Waals surface area contributed by atoms with Gasteiger partial charge in [-0.25, -0.2) is 0 Å². The lowest BCUT2D eigenvalue weighted by atomic mass is 10.1. The molecular weight excluding hydrogens is 272 g/mol. The maximum atomic E-state index is 12.7. The number of amides is 1. The van der Waals surface area contributed by atoms with Crippen molar-refractivity contribution in [1.82, 2.24) is 4.98 Å². The molecule has 1 aromatic heterocycles. The van der Waals surface area contributed by atoms with E-state index in [1.54, 1.807) is 11.1 Å². The number of nitrogens with zero attached hydrogens (tertiary/aromatic N) is 2. The van der Waals surface area contributed by atoms with Crippen LogP contribution in [0.3, 0.4) is 0 Å². The normalized spacial score (nSPS) is 10.3. The molecule has 3 nitrogen and oxygen atoms in total. The SMILES string of the molecule is C#Cc1cccc(N(C(=O)Cc2ccc(C)nc2)C(C)C)c1. The quantitative estimate of drug-likeness (QED) is 0.810. The Labute approximate surface area is 132 Å². The van der Waals surface area contributed by atoms with Crippen LogP contribution in [0.2, 0.25) is 0 Å². The summed E-state index contributed by atoms with van der Waals surface area (Å²) in [4.78, 5) is 18.7. The van der Waals surface area contributed by atoms with Crippen LogP contribution >= 0.6 is 0 Å². The average molecular weight is 292 g/mol. The molecule has 0 N–H and O–H groups in total. The molecule has 2 rings (SSSR count). The summed E-state index contributed by atoms with van der Waals surface area (Å²) in [5.41, 5.74) is 3.46. The Morgan fingerprint density at radius 1 is 1.32 bits per heavy atom. The molecule has 0 aliphatic rings. The van der Waals surface area contributed by atoms with Crippen LogP contribution in [0, 0.1) is 19.3 Å². The predicted molar refractivity (Wildman–Crippen MR) is 89.7 cm³/mol. The molecule has 0 saturated carbocycles. The minimum Gasteiger partial charge on any atom is -0.310 e. The van der Waals surface area contributed by atoms with Crippen molar-refractivity contribution in [2.24, 2.45) is 0 Å². The summed E-state index contributed by atoms with van der Waals surface area (Å²) < 4.78 is 0. The molecule has 0 unspecified atom stereocenters. The molecular formula is C19H20N2O. The minimum absolute atomic E-state index is 0.0369. The summed E-state index contributed by atoms with van der Waals surface area (Å²) in [7, 11) is 0. The molecule has 112 valence electrons. The molecule has 0 radical (unpaired) electrons. The van der Waals surface area contributed by atoms with Crippen LogP contribution in [-0.4, -0.2) is 16.9 Å². The number of carbonyl (C=O) groups is 1. The van der Waals surface area contributed by atoms with E-state index in [1.165, 1.54) is 0 Å². The lowest BCUT2D eigenvalue weighted by Crippen LogP contribution is -2.38. The van der Waals surface area contributed by atoms with Gasteiger partial charge in [-0.1, -0.05) is 18.1 Å². The lowest BCUT2D eigenvalue weighted by Gasteiger charge is -2.27. The Morgan fingerprint density at radius 2 is 2.09 bits per heavy atom. The molecule has 0 spiro atoms. The second-order valence-corrected chi connectivity index (χ2v) is 5.54. The first-order valence-corrected chi connectivity index (χ1v) is 7.31. The minimum atomic E-state index is 0.0369. The van der Waals surface area contributed by atoms with Gasteiger partial charge in [-0.3, -0.25) is 9.78 Å². The van der Waals surface area contributed by atoms with Gasteiger partial charge in [0.15, 0.2) is 0 Å². The molecule has 0 saturated heterocycles. The van der Waals surface area contributed by atoms with E-state index in [0.29, 0.717) is 6.42 Å². The van der Waals surface area contributed by atoms with Crippen molar-refractivity contribution >= 4 is 11.6 Å². The first kappa shape index (κ1) is 15.8. The molecule has 0 atom stereocenters. The van der Waals surface area contributed by atoms with Crippen LogP contribution in [-0.2, 0) is 11.2 Å². The van der Waals surface area contributed by atoms with E-state index in [4.69, 9.17) is 6.42 Å². The Balaban J connectivity index is 2.25. The highest BCUT2D eigenvalue weighted by atomic mass is 16.2. The molecule has 1 amide bonds. The van der Waals surface area contributed by atoms with Gasteiger partial charge in [-0.2, -0.15) is 0 Å². The molecule has 1 aromatic carbocycles. The fraction of sp³-hybridized carbons (Fsp3) is 0.263. The van der Waals surface area contributed by atoms with E-state index in [1.807, 2.05) is 57.2 Å². The molecule has 2 aromatic rings. The highest BCUT2D eigenvalue weighted by Gasteiger charge is 2.19. The number of hydrogen-bond donors (Lipinski definition) is 0. The van der Waals surface area contributed by atoms with Gasteiger partial charge in [-0.15, -0.1) is 6.42 Å². The van der Waals surface area contributed by atoms with E-state index >= 15 is 0 Å². The summed E-state index contributed by atoms with van der Waals surface area (Å²) in [5.74, 6) is 2.64. The van der Waals surface area contributed by atoms with Gasteiger partial charge in [0.1, 0.15) is 0 Å². The summed E-state index contributed by atoms with van der Waals surface area (Å²) >= 11 is 0. The van der Waals surface area contributed by atoms with Gasteiger partial charge in [0.25, 0.3) is 0 Å². The standard InChI is InChI=1S/C19H20N2O/c1-5-16-7-6-8-18(11-16)21(14(2)3)19(22)12-17-10-9-15(4)20-13-17/h1,6-11,13-14H,12H2,2-4H3. The third kappa shape index (κ3) is 3.73. The van der Waals surface area contributed by atoms with Crippen LogP contribution in [0.15, 0.2) is 42.6 Å². The molecule has 1 heterocycles. The van der Waals surface area contributed by atoms with Crippen LogP contribution in [0.1, 0.15) is 30.7 Å². The number of aromatic nitrogens is 1. The third-order valence-electron chi connectivity index (χ3n) is 3.40. The van der Waals surface area contributed by atoms with Gasteiger partial charge >= 0.3 is 0 Å². The van der Waals surface area contributed by atoms with Gasteiger partial charge in [0, 0.05) is 29.2 Å². The van der Waals surface area contributed by atoms with Crippen molar-refractivity contribution in [2.45, 2.75) is 33.2 Å². The molecule has 0 bridgehead atoms. The van der Waals surface area contributed by atoms with E-state index in [0.717, 1.165) is 22.5 Å². The summed E-state index contributed by atoms with van der Waals surface area (Å²) in [6, 6.07) is 11.4. The second kappa shape index (κ2) is 6.91. The third-order valence-corrected chi connectivity index (χ3v) is 3.40. The fourth-order valence-electron chi connectivity index (χ4n) is 2.34. The zero-order chi connectivity index (χ0) is 16.1. The Kier molecular flexibility index (Phi) is 4.95. The number of aryl methyl sites for hydroxylation is 1. The molecule has 22 heavy (non-hydrogen) atoms. The lowest BCUT2D eigenvalue weighted by molar-refractivity contribution is -0.118. The molecule has 0 aliphatic heterocycles.